The van der Waals surface area contributed by atoms with Crippen LogP contribution in [0.5, 0.6) is 0 Å². The highest BCUT2D eigenvalue weighted by atomic mass is 16.5. The normalized spacial score (nSPS) is 42.5. The van der Waals surface area contributed by atoms with E-state index >= 15 is 0 Å². The molecule has 0 amide bonds. The van der Waals surface area contributed by atoms with Crippen LogP contribution in [-0.2, 0) is 4.74 Å². The maximum atomic E-state index is 9.89. The molecule has 5 nitrogen and oxygen atoms in total. The number of nitrogens with zero attached hydrogens (tertiary/aromatic N) is 1. The lowest BCUT2D eigenvalue weighted by molar-refractivity contribution is -0.0947. The summed E-state index contributed by atoms with van der Waals surface area (Å²) in [4.78, 5) is 4.30. The van der Waals surface area contributed by atoms with E-state index in [9.17, 15) is 10.2 Å². The topological polar surface area (TPSA) is 82.3 Å². The van der Waals surface area contributed by atoms with Crippen molar-refractivity contribution in [2.75, 3.05) is 6.61 Å². The third kappa shape index (κ3) is 1.95. The maximum absolute atomic E-state index is 9.89. The first-order chi connectivity index (χ1) is 7.67. The van der Waals surface area contributed by atoms with E-state index in [1.165, 1.54) is 0 Å². The molecule has 0 unspecified atom stereocenters. The Morgan fingerprint density at radius 2 is 2.12 bits per heavy atom. The largest absolute Gasteiger partial charge is 0.475 e. The van der Waals surface area contributed by atoms with Gasteiger partial charge in [0.05, 0.1) is 6.10 Å². The van der Waals surface area contributed by atoms with Crippen LogP contribution in [0.15, 0.2) is 4.99 Å². The van der Waals surface area contributed by atoms with E-state index in [-0.39, 0.29) is 24.7 Å². The maximum Gasteiger partial charge on any atom is 0.184 e. The highest BCUT2D eigenvalue weighted by Crippen LogP contribution is 2.33. The Morgan fingerprint density at radius 1 is 1.38 bits per heavy atom. The van der Waals surface area contributed by atoms with Crippen LogP contribution in [0.4, 0.5) is 0 Å². The van der Waals surface area contributed by atoms with E-state index in [1.807, 2.05) is 6.92 Å². The number of ether oxygens (including phenoxy) is 1. The molecule has 1 heterocycles. The lowest BCUT2D eigenvalue weighted by Gasteiger charge is -2.36. The Labute approximate surface area is 94.8 Å². The zero-order chi connectivity index (χ0) is 11.7. The molecule has 1 fully saturated rings. The Bertz CT molecular complexity index is 281. The van der Waals surface area contributed by atoms with Gasteiger partial charge in [-0.3, -0.25) is 0 Å². The van der Waals surface area contributed by atoms with E-state index < -0.39 is 12.2 Å². The average molecular weight is 229 g/mol. The van der Waals surface area contributed by atoms with Gasteiger partial charge >= 0.3 is 0 Å². The second-order valence-corrected chi connectivity index (χ2v) is 4.58. The smallest absolute Gasteiger partial charge is 0.184 e. The van der Waals surface area contributed by atoms with Crippen molar-refractivity contribution in [3.63, 3.8) is 0 Å². The lowest BCUT2D eigenvalue weighted by Crippen LogP contribution is -2.52. The molecule has 92 valence electrons. The van der Waals surface area contributed by atoms with Crippen molar-refractivity contribution < 1.29 is 20.1 Å². The van der Waals surface area contributed by atoms with Crippen molar-refractivity contribution >= 4 is 5.90 Å². The summed E-state index contributed by atoms with van der Waals surface area (Å²) in [6, 6.07) is -0.362. The average Bonchev–Trinajstić information content (AvgIpc) is 2.67. The number of aliphatic hydroxyl groups is 3. The van der Waals surface area contributed by atoms with Gasteiger partial charge in [-0.05, 0) is 12.8 Å². The molecular weight excluding hydrogens is 210 g/mol. The number of aliphatic imine (C=N–C) groups is 1. The molecule has 0 bridgehead atoms. The number of rotatable bonds is 3. The Kier molecular flexibility index (Phi) is 3.47. The molecule has 2 rings (SSSR count). The summed E-state index contributed by atoms with van der Waals surface area (Å²) < 4.78 is 5.62. The predicted molar refractivity (Wildman–Crippen MR) is 58.2 cm³/mol. The van der Waals surface area contributed by atoms with Gasteiger partial charge in [-0.25, -0.2) is 4.99 Å². The Morgan fingerprint density at radius 3 is 2.75 bits per heavy atom. The van der Waals surface area contributed by atoms with Crippen LogP contribution in [0.2, 0.25) is 0 Å². The van der Waals surface area contributed by atoms with Gasteiger partial charge in [-0.1, -0.05) is 6.92 Å². The van der Waals surface area contributed by atoms with Crippen LogP contribution in [-0.4, -0.2) is 52.2 Å². The summed E-state index contributed by atoms with van der Waals surface area (Å²) in [6.07, 6.45) is 0.248. The molecule has 1 aliphatic heterocycles. The fraction of sp³-hybridized carbons (Fsp3) is 0.909. The molecule has 0 aromatic rings. The molecule has 0 aromatic carbocycles. The monoisotopic (exact) mass is 229 g/mol. The van der Waals surface area contributed by atoms with Gasteiger partial charge in [-0.15, -0.1) is 0 Å². The number of aliphatic hydroxyl groups excluding tert-OH is 3. The minimum Gasteiger partial charge on any atom is -0.475 e. The van der Waals surface area contributed by atoms with Gasteiger partial charge in [0.15, 0.2) is 5.90 Å². The van der Waals surface area contributed by atoms with E-state index in [4.69, 9.17) is 9.84 Å². The standard InChI is InChI=1S/C11H19NO4/c1-2-3-8-12-9-7(16-8)4-6(5-13)10(14)11(9)15/h6-7,9-11,13-15H,2-5H2,1H3/t6-,7+,9+,10-,11-/m1/s1. The zero-order valence-corrected chi connectivity index (χ0v) is 9.41. The quantitative estimate of drug-likeness (QED) is 0.620. The van der Waals surface area contributed by atoms with E-state index in [0.717, 1.165) is 12.8 Å². The second-order valence-electron chi connectivity index (χ2n) is 4.58. The third-order valence-corrected chi connectivity index (χ3v) is 3.38. The van der Waals surface area contributed by atoms with Crippen LogP contribution in [0, 0.1) is 5.92 Å². The molecule has 1 aliphatic carbocycles. The molecule has 5 atom stereocenters. The van der Waals surface area contributed by atoms with Gasteiger partial charge in [0.25, 0.3) is 0 Å². The first-order valence-corrected chi connectivity index (χ1v) is 5.87. The zero-order valence-electron chi connectivity index (χ0n) is 9.41. The third-order valence-electron chi connectivity index (χ3n) is 3.38. The molecular formula is C11H19NO4. The highest BCUT2D eigenvalue weighted by Gasteiger charge is 2.47. The van der Waals surface area contributed by atoms with Crippen molar-refractivity contribution in [2.45, 2.75) is 50.5 Å². The van der Waals surface area contributed by atoms with Crippen molar-refractivity contribution in [3.8, 4) is 0 Å². The summed E-state index contributed by atoms with van der Waals surface area (Å²) in [5, 5.41) is 28.8. The molecule has 5 heteroatoms. The van der Waals surface area contributed by atoms with Crippen molar-refractivity contribution in [1.29, 1.82) is 0 Å². The molecule has 3 N–H and O–H groups in total. The minimum atomic E-state index is -0.926. The fourth-order valence-electron chi connectivity index (χ4n) is 2.45. The van der Waals surface area contributed by atoms with Gasteiger partial charge in [0.1, 0.15) is 18.2 Å². The molecule has 16 heavy (non-hydrogen) atoms. The fourth-order valence-corrected chi connectivity index (χ4v) is 2.45. The summed E-state index contributed by atoms with van der Waals surface area (Å²) in [5.74, 6) is 0.356. The summed E-state index contributed by atoms with van der Waals surface area (Å²) in [5.41, 5.74) is 0. The first-order valence-electron chi connectivity index (χ1n) is 5.87. The van der Waals surface area contributed by atoms with Gasteiger partial charge in [-0.2, -0.15) is 0 Å². The van der Waals surface area contributed by atoms with E-state index in [1.54, 1.807) is 0 Å². The number of hydrogen-bond donors (Lipinski definition) is 3. The molecule has 0 saturated heterocycles. The van der Waals surface area contributed by atoms with Crippen LogP contribution >= 0.6 is 0 Å². The highest BCUT2D eigenvalue weighted by molar-refractivity contribution is 5.78. The van der Waals surface area contributed by atoms with Crippen molar-refractivity contribution in [2.24, 2.45) is 10.9 Å². The molecule has 1 saturated carbocycles. The van der Waals surface area contributed by atoms with Crippen LogP contribution in [0.3, 0.4) is 0 Å². The first kappa shape index (κ1) is 11.8. The number of fused-ring (bicyclic) bond motifs is 1. The van der Waals surface area contributed by atoms with Gasteiger partial charge < -0.3 is 20.1 Å². The van der Waals surface area contributed by atoms with E-state index in [0.29, 0.717) is 12.3 Å². The van der Waals surface area contributed by atoms with Crippen LogP contribution < -0.4 is 0 Å². The summed E-state index contributed by atoms with van der Waals surface area (Å²) in [6.45, 7) is 1.91. The SMILES string of the molecule is CCCC1=N[C@@H]2[C@@H](O)[C@H](O)[C@@H](CO)C[C@@H]2O1. The molecule has 0 spiro atoms. The van der Waals surface area contributed by atoms with Crippen molar-refractivity contribution in [1.82, 2.24) is 0 Å². The number of hydrogen-bond acceptors (Lipinski definition) is 5. The van der Waals surface area contributed by atoms with E-state index in [2.05, 4.69) is 4.99 Å². The minimum absolute atomic E-state index is 0.131. The Hall–Kier alpha value is -0.650. The lowest BCUT2D eigenvalue weighted by atomic mass is 9.80. The Balaban J connectivity index is 2.08. The predicted octanol–water partition coefficient (Wildman–Crippen LogP) is -0.314. The molecule has 2 aliphatic rings. The molecule has 0 aromatic heterocycles. The van der Waals surface area contributed by atoms with Crippen molar-refractivity contribution in [3.05, 3.63) is 0 Å². The summed E-state index contributed by atoms with van der Waals surface area (Å²) >= 11 is 0. The van der Waals surface area contributed by atoms with Gasteiger partial charge in [0, 0.05) is 18.9 Å². The van der Waals surface area contributed by atoms with Crippen LogP contribution in [0.1, 0.15) is 26.2 Å². The molecule has 0 radical (unpaired) electrons. The summed E-state index contributed by atoms with van der Waals surface area (Å²) in [7, 11) is 0. The van der Waals surface area contributed by atoms with Crippen LogP contribution in [0.25, 0.3) is 0 Å². The second kappa shape index (κ2) is 4.69. The van der Waals surface area contributed by atoms with Gasteiger partial charge in [0.2, 0.25) is 0 Å².